The number of aromatic nitrogens is 3. The molecule has 0 atom stereocenters. The second kappa shape index (κ2) is 8.28. The topological polar surface area (TPSA) is 154 Å². The van der Waals surface area contributed by atoms with Crippen molar-refractivity contribution in [2.24, 2.45) is 0 Å². The normalized spacial score (nSPS) is 13.8. The van der Waals surface area contributed by atoms with Crippen molar-refractivity contribution in [3.8, 4) is 11.8 Å². The number of ether oxygens (including phenoxy) is 1. The summed E-state index contributed by atoms with van der Waals surface area (Å²) in [6.45, 7) is 0.0925. The van der Waals surface area contributed by atoms with Crippen molar-refractivity contribution in [3.63, 3.8) is 0 Å². The van der Waals surface area contributed by atoms with Gasteiger partial charge in [0.15, 0.2) is 0 Å². The van der Waals surface area contributed by atoms with Crippen LogP contribution in [0.2, 0.25) is 0 Å². The van der Waals surface area contributed by atoms with Crippen molar-refractivity contribution in [2.45, 2.75) is 24.9 Å². The third kappa shape index (κ3) is 3.80. The summed E-state index contributed by atoms with van der Waals surface area (Å²) < 4.78 is 22.0. The number of anilines is 1. The van der Waals surface area contributed by atoms with E-state index in [-0.39, 0.29) is 47.0 Å². The molecular weight excluding hydrogens is 468 g/mol. The monoisotopic (exact) mass is 484 g/mol. The molecule has 6 rings (SSSR count). The van der Waals surface area contributed by atoms with E-state index in [0.29, 0.717) is 18.2 Å². The van der Waals surface area contributed by atoms with E-state index < -0.39 is 17.5 Å². The fourth-order valence-electron chi connectivity index (χ4n) is 3.66. The van der Waals surface area contributed by atoms with E-state index in [2.05, 4.69) is 32.1 Å². The van der Waals surface area contributed by atoms with Crippen molar-refractivity contribution < 1.29 is 32.7 Å². The van der Waals surface area contributed by atoms with Crippen molar-refractivity contribution in [1.82, 2.24) is 15.0 Å². The lowest BCUT2D eigenvalue weighted by Gasteiger charge is -2.06. The van der Waals surface area contributed by atoms with Gasteiger partial charge in [-0.2, -0.15) is 9.97 Å². The van der Waals surface area contributed by atoms with E-state index in [1.807, 2.05) is 30.3 Å². The number of carboxylic acid groups (broad SMARTS) is 1. The molecule has 178 valence electrons. The quantitative estimate of drug-likeness (QED) is 0.347. The lowest BCUT2D eigenvalue weighted by Crippen LogP contribution is -2.19. The molecule has 1 saturated carbocycles. The fraction of sp³-hybridized carbons (Fsp3) is 0.160. The number of hydrogen-bond donors (Lipinski definition) is 2. The van der Waals surface area contributed by atoms with Crippen LogP contribution < -0.4 is 5.32 Å². The van der Waals surface area contributed by atoms with Gasteiger partial charge in [-0.3, -0.25) is 10.1 Å². The molecule has 36 heavy (non-hydrogen) atoms. The van der Waals surface area contributed by atoms with Gasteiger partial charge in [-0.05, 0) is 36.5 Å². The molecule has 1 aliphatic carbocycles. The third-order valence-electron chi connectivity index (χ3n) is 5.73. The van der Waals surface area contributed by atoms with Gasteiger partial charge in [0.05, 0.1) is 5.39 Å². The Hall–Kier alpha value is -5.11. The molecule has 11 heteroatoms. The van der Waals surface area contributed by atoms with Gasteiger partial charge < -0.3 is 23.1 Å². The molecule has 1 amide bonds. The highest BCUT2D eigenvalue weighted by Crippen LogP contribution is 2.48. The molecule has 1 fully saturated rings. The van der Waals surface area contributed by atoms with E-state index >= 15 is 0 Å². The largest absolute Gasteiger partial charge is 0.480 e. The van der Waals surface area contributed by atoms with Crippen LogP contribution in [0.15, 0.2) is 61.9 Å². The summed E-state index contributed by atoms with van der Waals surface area (Å²) in [5, 5.41) is 12.6. The highest BCUT2D eigenvalue weighted by molar-refractivity contribution is 5.99. The average molecular weight is 484 g/mol. The number of pyridine rings is 1. The molecule has 4 heterocycles. The summed E-state index contributed by atoms with van der Waals surface area (Å²) >= 11 is 0. The van der Waals surface area contributed by atoms with Gasteiger partial charge in [0, 0.05) is 12.1 Å². The number of benzene rings is 1. The van der Waals surface area contributed by atoms with Crippen LogP contribution in [0.25, 0.3) is 22.5 Å². The lowest BCUT2D eigenvalue weighted by molar-refractivity contribution is -0.140. The van der Waals surface area contributed by atoms with Crippen molar-refractivity contribution in [2.75, 3.05) is 5.32 Å². The van der Waals surface area contributed by atoms with Gasteiger partial charge in [-0.15, -0.1) is 0 Å². The Morgan fingerprint density at radius 1 is 1.06 bits per heavy atom. The number of oxazole rings is 2. The standard InChI is InChI=1S/C25H16N4O7/c30-23(31)25(10-11-25)22-29-19-21(36-22)35-17(27-19)9-8-16-18(15-7-4-12-26-20(15)34-16)28-24(32)33-13-14-5-2-1-3-6-14/h1-7,12H,10-11,13H2,(H,28,32)(H,30,31). The summed E-state index contributed by atoms with van der Waals surface area (Å²) in [7, 11) is 0. The number of nitrogens with zero attached hydrogens (tertiary/aromatic N) is 3. The number of nitrogens with one attached hydrogen (secondary N) is 1. The Kier molecular flexibility index (Phi) is 4.93. The number of furan rings is 1. The number of aliphatic carboxylic acids is 1. The zero-order chi connectivity index (χ0) is 24.7. The maximum atomic E-state index is 12.5. The molecule has 2 N–H and O–H groups in total. The highest BCUT2D eigenvalue weighted by atomic mass is 16.5. The molecule has 1 aliphatic rings. The first-order valence-electron chi connectivity index (χ1n) is 10.9. The van der Waals surface area contributed by atoms with Crippen LogP contribution in [0.1, 0.15) is 35.9 Å². The molecule has 4 aromatic heterocycles. The Morgan fingerprint density at radius 2 is 1.89 bits per heavy atom. The first-order chi connectivity index (χ1) is 17.5. The number of amides is 1. The van der Waals surface area contributed by atoms with E-state index in [1.54, 1.807) is 18.3 Å². The number of carbonyl (C=O) groups is 2. The molecule has 11 nitrogen and oxygen atoms in total. The number of rotatable bonds is 5. The van der Waals surface area contributed by atoms with Gasteiger partial charge in [0.2, 0.25) is 23.0 Å². The predicted octanol–water partition coefficient (Wildman–Crippen LogP) is 4.22. The Bertz CT molecular complexity index is 1650. The highest BCUT2D eigenvalue weighted by Gasteiger charge is 2.56. The minimum absolute atomic E-state index is 0.0177. The van der Waals surface area contributed by atoms with E-state index in [9.17, 15) is 14.7 Å². The van der Waals surface area contributed by atoms with Gasteiger partial charge in [0.25, 0.3) is 5.89 Å². The van der Waals surface area contributed by atoms with Crippen LogP contribution in [0.4, 0.5) is 10.5 Å². The first-order valence-corrected chi connectivity index (χ1v) is 10.9. The molecule has 0 saturated heterocycles. The minimum Gasteiger partial charge on any atom is -0.480 e. The molecule has 0 bridgehead atoms. The van der Waals surface area contributed by atoms with Crippen molar-refractivity contribution >= 4 is 40.3 Å². The molecule has 5 aromatic rings. The van der Waals surface area contributed by atoms with Crippen molar-refractivity contribution in [1.29, 1.82) is 0 Å². The molecule has 0 spiro atoms. The van der Waals surface area contributed by atoms with Gasteiger partial charge in [0.1, 0.15) is 17.7 Å². The number of carboxylic acids is 1. The second-order valence-electron chi connectivity index (χ2n) is 8.14. The SMILES string of the molecule is O=C(Nc1c(C#Cc2nc3nc(C4(C(=O)O)CC4)oc3o2)oc2ncccc12)OCc1ccccc1. The summed E-state index contributed by atoms with van der Waals surface area (Å²) in [4.78, 5) is 36.4. The summed E-state index contributed by atoms with van der Waals surface area (Å²) in [6, 6.07) is 12.7. The number of carbonyl (C=O) groups excluding carboxylic acids is 1. The Balaban J connectivity index is 1.25. The fourth-order valence-corrected chi connectivity index (χ4v) is 3.66. The maximum absolute atomic E-state index is 12.5. The number of fused-ring (bicyclic) bond motifs is 2. The zero-order valence-corrected chi connectivity index (χ0v) is 18.5. The summed E-state index contributed by atoms with van der Waals surface area (Å²) in [6.07, 6.45) is 1.76. The molecule has 0 radical (unpaired) electrons. The van der Waals surface area contributed by atoms with E-state index in [1.165, 1.54) is 0 Å². The third-order valence-corrected chi connectivity index (χ3v) is 5.73. The van der Waals surface area contributed by atoms with E-state index in [0.717, 1.165) is 5.56 Å². The smallest absolute Gasteiger partial charge is 0.412 e. The summed E-state index contributed by atoms with van der Waals surface area (Å²) in [5.41, 5.74) is 0.419. The molecule has 0 aliphatic heterocycles. The first kappa shape index (κ1) is 21.4. The van der Waals surface area contributed by atoms with Crippen LogP contribution in [-0.4, -0.2) is 32.1 Å². The Morgan fingerprint density at radius 3 is 2.64 bits per heavy atom. The minimum atomic E-state index is -1.11. The lowest BCUT2D eigenvalue weighted by atomic mass is 10.1. The maximum Gasteiger partial charge on any atom is 0.412 e. The van der Waals surface area contributed by atoms with Gasteiger partial charge in [-0.25, -0.2) is 9.78 Å². The van der Waals surface area contributed by atoms with E-state index in [4.69, 9.17) is 18.0 Å². The second-order valence-corrected chi connectivity index (χ2v) is 8.14. The van der Waals surface area contributed by atoms with Crippen LogP contribution in [0.3, 0.4) is 0 Å². The van der Waals surface area contributed by atoms with Gasteiger partial charge in [-0.1, -0.05) is 30.3 Å². The summed E-state index contributed by atoms with van der Waals surface area (Å²) in [5.74, 6) is 4.64. The molecule has 1 aromatic carbocycles. The van der Waals surface area contributed by atoms with Crippen LogP contribution in [0.5, 0.6) is 0 Å². The zero-order valence-electron chi connectivity index (χ0n) is 18.5. The van der Waals surface area contributed by atoms with Crippen molar-refractivity contribution in [3.05, 3.63) is 71.8 Å². The van der Waals surface area contributed by atoms with Crippen LogP contribution in [-0.2, 0) is 21.6 Å². The number of hydrogen-bond acceptors (Lipinski definition) is 9. The molecular formula is C25H16N4O7. The predicted molar refractivity (Wildman–Crippen MR) is 123 cm³/mol. The van der Waals surface area contributed by atoms with Gasteiger partial charge >= 0.3 is 17.8 Å². The van der Waals surface area contributed by atoms with Crippen LogP contribution >= 0.6 is 0 Å². The van der Waals surface area contributed by atoms with Crippen LogP contribution in [0, 0.1) is 11.8 Å². The Labute approximate surface area is 202 Å². The average Bonchev–Trinajstić information content (AvgIpc) is 3.32. The molecule has 0 unspecified atom stereocenters.